The van der Waals surface area contributed by atoms with Gasteiger partial charge in [-0.15, -0.1) is 11.8 Å². The zero-order valence-corrected chi connectivity index (χ0v) is 9.96. The molecule has 0 aromatic heterocycles. The van der Waals surface area contributed by atoms with Gasteiger partial charge in [0.15, 0.2) is 5.78 Å². The fourth-order valence-corrected chi connectivity index (χ4v) is 2.19. The molecule has 1 unspecified atom stereocenters. The van der Waals surface area contributed by atoms with E-state index in [0.29, 0.717) is 5.25 Å². The molecule has 0 fully saturated rings. The van der Waals surface area contributed by atoms with Gasteiger partial charge in [-0.25, -0.2) is 0 Å². The molecule has 0 saturated carbocycles. The standard InChI is InChI=1S/C13H16OS/c1-11(14)7-6-8-12(2)15-13-9-4-3-5-10-13/h3-7,9-10,12H,8H2,1-2H3. The second kappa shape index (κ2) is 6.46. The Morgan fingerprint density at radius 2 is 2.07 bits per heavy atom. The molecule has 1 aromatic carbocycles. The topological polar surface area (TPSA) is 17.1 Å². The molecule has 15 heavy (non-hydrogen) atoms. The minimum Gasteiger partial charge on any atom is -0.295 e. The Balaban J connectivity index is 2.36. The Labute approximate surface area is 95.6 Å². The summed E-state index contributed by atoms with van der Waals surface area (Å²) in [6, 6.07) is 10.3. The van der Waals surface area contributed by atoms with Crippen LogP contribution in [0.2, 0.25) is 0 Å². The van der Waals surface area contributed by atoms with E-state index < -0.39 is 0 Å². The molecule has 0 heterocycles. The highest BCUT2D eigenvalue weighted by Gasteiger charge is 2.01. The fourth-order valence-electron chi connectivity index (χ4n) is 1.21. The highest BCUT2D eigenvalue weighted by Crippen LogP contribution is 2.24. The van der Waals surface area contributed by atoms with Gasteiger partial charge < -0.3 is 0 Å². The monoisotopic (exact) mass is 220 g/mol. The van der Waals surface area contributed by atoms with Crippen molar-refractivity contribution < 1.29 is 4.79 Å². The van der Waals surface area contributed by atoms with Crippen LogP contribution >= 0.6 is 11.8 Å². The Kier molecular flexibility index (Phi) is 5.19. The van der Waals surface area contributed by atoms with Gasteiger partial charge in [0, 0.05) is 10.1 Å². The van der Waals surface area contributed by atoms with Crippen LogP contribution in [0, 0.1) is 0 Å². The Hall–Kier alpha value is -1.02. The first kappa shape index (κ1) is 12.1. The minimum atomic E-state index is 0.118. The Morgan fingerprint density at radius 1 is 1.40 bits per heavy atom. The molecule has 0 saturated heterocycles. The lowest BCUT2D eigenvalue weighted by atomic mass is 10.3. The van der Waals surface area contributed by atoms with Crippen LogP contribution in [0.25, 0.3) is 0 Å². The van der Waals surface area contributed by atoms with Crippen LogP contribution in [0.3, 0.4) is 0 Å². The molecule has 2 heteroatoms. The number of rotatable bonds is 5. The molecule has 0 spiro atoms. The average Bonchev–Trinajstić information content (AvgIpc) is 2.18. The fraction of sp³-hybridized carbons (Fsp3) is 0.308. The maximum Gasteiger partial charge on any atom is 0.152 e. The summed E-state index contributed by atoms with van der Waals surface area (Å²) < 4.78 is 0. The summed E-state index contributed by atoms with van der Waals surface area (Å²) in [6.07, 6.45) is 4.52. The van der Waals surface area contributed by atoms with Crippen molar-refractivity contribution in [3.63, 3.8) is 0 Å². The van der Waals surface area contributed by atoms with Crippen molar-refractivity contribution in [2.45, 2.75) is 30.4 Å². The van der Waals surface area contributed by atoms with Crippen molar-refractivity contribution >= 4 is 17.5 Å². The summed E-state index contributed by atoms with van der Waals surface area (Å²) in [5, 5.41) is 0.503. The molecule has 0 amide bonds. The number of thioether (sulfide) groups is 1. The average molecular weight is 220 g/mol. The minimum absolute atomic E-state index is 0.118. The third kappa shape index (κ3) is 5.43. The molecule has 1 rings (SSSR count). The number of benzene rings is 1. The summed E-state index contributed by atoms with van der Waals surface area (Å²) in [5.41, 5.74) is 0. The van der Waals surface area contributed by atoms with Crippen molar-refractivity contribution in [1.82, 2.24) is 0 Å². The Morgan fingerprint density at radius 3 is 2.67 bits per heavy atom. The van der Waals surface area contributed by atoms with Gasteiger partial charge in [0.1, 0.15) is 0 Å². The second-order valence-electron chi connectivity index (χ2n) is 3.49. The van der Waals surface area contributed by atoms with Crippen molar-refractivity contribution in [3.8, 4) is 0 Å². The van der Waals surface area contributed by atoms with Gasteiger partial charge in [-0.2, -0.15) is 0 Å². The molecule has 0 aliphatic carbocycles. The van der Waals surface area contributed by atoms with Gasteiger partial charge in [-0.05, 0) is 31.6 Å². The number of carbonyl (C=O) groups is 1. The molecule has 0 aliphatic heterocycles. The largest absolute Gasteiger partial charge is 0.295 e. The van der Waals surface area contributed by atoms with Crippen LogP contribution in [-0.2, 0) is 4.79 Å². The van der Waals surface area contributed by atoms with E-state index in [1.807, 2.05) is 36.0 Å². The molecule has 1 atom stereocenters. The van der Waals surface area contributed by atoms with E-state index in [9.17, 15) is 4.79 Å². The van der Waals surface area contributed by atoms with E-state index in [1.165, 1.54) is 4.90 Å². The van der Waals surface area contributed by atoms with Gasteiger partial charge in [-0.1, -0.05) is 31.2 Å². The lowest BCUT2D eigenvalue weighted by Gasteiger charge is -2.07. The second-order valence-corrected chi connectivity index (χ2v) is 5.00. The summed E-state index contributed by atoms with van der Waals surface area (Å²) in [7, 11) is 0. The number of ketones is 1. The zero-order chi connectivity index (χ0) is 11.1. The van der Waals surface area contributed by atoms with E-state index in [4.69, 9.17) is 0 Å². The molecule has 0 radical (unpaired) electrons. The van der Waals surface area contributed by atoms with Crippen LogP contribution in [0.1, 0.15) is 20.3 Å². The van der Waals surface area contributed by atoms with Gasteiger partial charge in [0.25, 0.3) is 0 Å². The van der Waals surface area contributed by atoms with E-state index >= 15 is 0 Å². The van der Waals surface area contributed by atoms with Gasteiger partial charge in [0.2, 0.25) is 0 Å². The molecule has 0 bridgehead atoms. The third-order valence-electron chi connectivity index (χ3n) is 1.90. The predicted molar refractivity (Wildman–Crippen MR) is 66.2 cm³/mol. The maximum absolute atomic E-state index is 10.7. The van der Waals surface area contributed by atoms with E-state index in [-0.39, 0.29) is 5.78 Å². The highest BCUT2D eigenvalue weighted by atomic mass is 32.2. The van der Waals surface area contributed by atoms with E-state index in [2.05, 4.69) is 19.1 Å². The molecule has 0 aliphatic rings. The van der Waals surface area contributed by atoms with Crippen molar-refractivity contribution in [1.29, 1.82) is 0 Å². The number of allylic oxidation sites excluding steroid dienone is 2. The molecule has 1 nitrogen and oxygen atoms in total. The first-order valence-electron chi connectivity index (χ1n) is 5.07. The van der Waals surface area contributed by atoms with Crippen LogP contribution in [0.4, 0.5) is 0 Å². The summed E-state index contributed by atoms with van der Waals surface area (Å²) in [5.74, 6) is 0.118. The normalized spacial score (nSPS) is 12.9. The quantitative estimate of drug-likeness (QED) is 0.556. The number of hydrogen-bond donors (Lipinski definition) is 0. The van der Waals surface area contributed by atoms with Gasteiger partial charge in [0.05, 0.1) is 0 Å². The molecule has 0 N–H and O–H groups in total. The molecule has 80 valence electrons. The van der Waals surface area contributed by atoms with Crippen LogP contribution < -0.4 is 0 Å². The number of hydrogen-bond acceptors (Lipinski definition) is 2. The van der Waals surface area contributed by atoms with Crippen molar-refractivity contribution in [3.05, 3.63) is 42.5 Å². The number of carbonyl (C=O) groups excluding carboxylic acids is 1. The van der Waals surface area contributed by atoms with Crippen LogP contribution in [0.5, 0.6) is 0 Å². The highest BCUT2D eigenvalue weighted by molar-refractivity contribution is 7.99. The lowest BCUT2D eigenvalue weighted by molar-refractivity contribution is -0.112. The maximum atomic E-state index is 10.7. The predicted octanol–water partition coefficient (Wildman–Crippen LogP) is 3.70. The summed E-state index contributed by atoms with van der Waals surface area (Å²) >= 11 is 1.83. The van der Waals surface area contributed by atoms with Crippen LogP contribution in [-0.4, -0.2) is 11.0 Å². The van der Waals surface area contributed by atoms with Crippen molar-refractivity contribution in [2.75, 3.05) is 0 Å². The first-order chi connectivity index (χ1) is 7.18. The van der Waals surface area contributed by atoms with Crippen LogP contribution in [0.15, 0.2) is 47.4 Å². The molecular weight excluding hydrogens is 204 g/mol. The smallest absolute Gasteiger partial charge is 0.152 e. The zero-order valence-electron chi connectivity index (χ0n) is 9.14. The van der Waals surface area contributed by atoms with E-state index in [1.54, 1.807) is 13.0 Å². The van der Waals surface area contributed by atoms with Gasteiger partial charge in [-0.3, -0.25) is 4.79 Å². The third-order valence-corrected chi connectivity index (χ3v) is 3.04. The summed E-state index contributed by atoms with van der Waals surface area (Å²) in [4.78, 5) is 12.0. The van der Waals surface area contributed by atoms with E-state index in [0.717, 1.165) is 6.42 Å². The van der Waals surface area contributed by atoms with Crippen molar-refractivity contribution in [2.24, 2.45) is 0 Å². The Bertz CT molecular complexity index is 330. The molecular formula is C13H16OS. The molecule has 1 aromatic rings. The van der Waals surface area contributed by atoms with Gasteiger partial charge >= 0.3 is 0 Å². The first-order valence-corrected chi connectivity index (χ1v) is 5.95. The summed E-state index contributed by atoms with van der Waals surface area (Å²) in [6.45, 7) is 3.74. The SMILES string of the molecule is CC(=O)C=CCC(C)Sc1ccccc1. The lowest BCUT2D eigenvalue weighted by Crippen LogP contribution is -1.93.